The summed E-state index contributed by atoms with van der Waals surface area (Å²) in [4.78, 5) is 19.1. The van der Waals surface area contributed by atoms with Gasteiger partial charge in [0.1, 0.15) is 5.82 Å². The lowest BCUT2D eigenvalue weighted by Gasteiger charge is -2.25. The highest BCUT2D eigenvalue weighted by Crippen LogP contribution is 2.37. The van der Waals surface area contributed by atoms with E-state index in [1.807, 2.05) is 23.1 Å². The van der Waals surface area contributed by atoms with Crippen LogP contribution in [0.1, 0.15) is 36.8 Å². The molecule has 0 unspecified atom stereocenters. The van der Waals surface area contributed by atoms with E-state index < -0.39 is 0 Å². The van der Waals surface area contributed by atoms with Gasteiger partial charge in [0.15, 0.2) is 23.1 Å². The van der Waals surface area contributed by atoms with E-state index in [2.05, 4.69) is 4.98 Å². The molecule has 0 spiro atoms. The van der Waals surface area contributed by atoms with E-state index in [9.17, 15) is 9.18 Å². The number of nitrogens with zero attached hydrogens (tertiary/aromatic N) is 2. The van der Waals surface area contributed by atoms with E-state index in [0.717, 1.165) is 18.4 Å². The third kappa shape index (κ3) is 4.40. The minimum atomic E-state index is -0.365. The van der Waals surface area contributed by atoms with Gasteiger partial charge in [-0.05, 0) is 42.7 Å². The second-order valence-corrected chi connectivity index (χ2v) is 7.46. The Kier molecular flexibility index (Phi) is 6.21. The monoisotopic (exact) mass is 424 g/mol. The third-order valence-corrected chi connectivity index (χ3v) is 5.61. The van der Waals surface area contributed by atoms with Crippen molar-refractivity contribution in [3.63, 3.8) is 0 Å². The van der Waals surface area contributed by atoms with Crippen LogP contribution >= 0.6 is 0 Å². The van der Waals surface area contributed by atoms with Crippen molar-refractivity contribution in [3.05, 3.63) is 65.9 Å². The molecule has 1 fully saturated rings. The topological polar surface area (TPSA) is 64.8 Å². The van der Waals surface area contributed by atoms with Crippen LogP contribution in [0.3, 0.4) is 0 Å². The number of methoxy groups -OCH3 is 2. The molecule has 31 heavy (non-hydrogen) atoms. The van der Waals surface area contributed by atoms with Gasteiger partial charge in [-0.15, -0.1) is 0 Å². The molecule has 1 amide bonds. The molecule has 1 atom stereocenters. The number of carbonyl (C=O) groups excluding carboxylic acids is 1. The lowest BCUT2D eigenvalue weighted by molar-refractivity contribution is -0.132. The van der Waals surface area contributed by atoms with Gasteiger partial charge < -0.3 is 18.8 Å². The number of hydrogen-bond donors (Lipinski definition) is 0. The Labute approximate surface area is 180 Å². The summed E-state index contributed by atoms with van der Waals surface area (Å²) in [5.41, 5.74) is 1.39. The number of rotatable bonds is 7. The molecule has 2 heterocycles. The van der Waals surface area contributed by atoms with Crippen LogP contribution in [0.15, 0.2) is 53.1 Å². The number of amides is 1. The van der Waals surface area contributed by atoms with Crippen LogP contribution in [0.4, 0.5) is 4.39 Å². The van der Waals surface area contributed by atoms with Gasteiger partial charge in [-0.2, -0.15) is 0 Å². The molecule has 6 nitrogen and oxygen atoms in total. The first kappa shape index (κ1) is 20.9. The molecule has 1 saturated heterocycles. The minimum Gasteiger partial charge on any atom is -0.493 e. The SMILES string of the molecule is COc1ccc([C@H]2CCCN2C(=O)CCc2ncc(-c3ccccc3F)o2)cc1OC. The zero-order valence-electron chi connectivity index (χ0n) is 17.6. The van der Waals surface area contributed by atoms with Crippen molar-refractivity contribution >= 4 is 5.91 Å². The molecular weight excluding hydrogens is 399 g/mol. The van der Waals surface area contributed by atoms with Crippen molar-refractivity contribution in [2.75, 3.05) is 20.8 Å². The van der Waals surface area contributed by atoms with Crippen LogP contribution in [0.2, 0.25) is 0 Å². The number of aryl methyl sites for hydroxylation is 1. The highest BCUT2D eigenvalue weighted by molar-refractivity contribution is 5.77. The first-order valence-electron chi connectivity index (χ1n) is 10.3. The van der Waals surface area contributed by atoms with Crippen LogP contribution in [0.5, 0.6) is 11.5 Å². The maximum absolute atomic E-state index is 13.9. The fourth-order valence-electron chi connectivity index (χ4n) is 4.04. The Balaban J connectivity index is 1.42. The average Bonchev–Trinajstić information content (AvgIpc) is 3.47. The first-order chi connectivity index (χ1) is 15.1. The van der Waals surface area contributed by atoms with Gasteiger partial charge in [-0.25, -0.2) is 9.37 Å². The fraction of sp³-hybridized carbons (Fsp3) is 0.333. The van der Waals surface area contributed by atoms with Gasteiger partial charge in [0.05, 0.1) is 32.0 Å². The number of likely N-dealkylation sites (tertiary alicyclic amines) is 1. The van der Waals surface area contributed by atoms with Gasteiger partial charge in [0, 0.05) is 19.4 Å². The molecular formula is C24H25FN2O4. The van der Waals surface area contributed by atoms with E-state index in [1.165, 1.54) is 12.3 Å². The summed E-state index contributed by atoms with van der Waals surface area (Å²) in [6, 6.07) is 12.2. The number of benzene rings is 2. The number of ether oxygens (including phenoxy) is 2. The number of carbonyl (C=O) groups is 1. The summed E-state index contributed by atoms with van der Waals surface area (Å²) in [7, 11) is 3.20. The second-order valence-electron chi connectivity index (χ2n) is 7.46. The van der Waals surface area contributed by atoms with Crippen LogP contribution in [-0.4, -0.2) is 36.6 Å². The van der Waals surface area contributed by atoms with Crippen LogP contribution in [0.25, 0.3) is 11.3 Å². The smallest absolute Gasteiger partial charge is 0.223 e. The van der Waals surface area contributed by atoms with Gasteiger partial charge in [0.2, 0.25) is 5.91 Å². The maximum Gasteiger partial charge on any atom is 0.223 e. The molecule has 0 aliphatic carbocycles. The Morgan fingerprint density at radius 2 is 2.00 bits per heavy atom. The molecule has 1 aromatic heterocycles. The molecule has 0 radical (unpaired) electrons. The molecule has 1 aliphatic rings. The van der Waals surface area contributed by atoms with Crippen molar-refractivity contribution in [3.8, 4) is 22.8 Å². The highest BCUT2D eigenvalue weighted by atomic mass is 19.1. The van der Waals surface area contributed by atoms with Gasteiger partial charge in [-0.3, -0.25) is 4.79 Å². The Hall–Kier alpha value is -3.35. The van der Waals surface area contributed by atoms with Crippen LogP contribution in [-0.2, 0) is 11.2 Å². The number of aromatic nitrogens is 1. The van der Waals surface area contributed by atoms with Crippen molar-refractivity contribution in [1.82, 2.24) is 9.88 Å². The quantitative estimate of drug-likeness (QED) is 0.545. The largest absolute Gasteiger partial charge is 0.493 e. The summed E-state index contributed by atoms with van der Waals surface area (Å²) >= 11 is 0. The average molecular weight is 424 g/mol. The number of oxazole rings is 1. The molecule has 2 aromatic carbocycles. The molecule has 1 aliphatic heterocycles. The van der Waals surface area contributed by atoms with Gasteiger partial charge >= 0.3 is 0 Å². The Morgan fingerprint density at radius 3 is 2.77 bits per heavy atom. The van der Waals surface area contributed by atoms with E-state index in [-0.39, 0.29) is 24.2 Å². The predicted molar refractivity (Wildman–Crippen MR) is 113 cm³/mol. The lowest BCUT2D eigenvalue weighted by atomic mass is 10.0. The number of hydrogen-bond acceptors (Lipinski definition) is 5. The summed E-state index contributed by atoms with van der Waals surface area (Å²) in [6.45, 7) is 0.712. The summed E-state index contributed by atoms with van der Waals surface area (Å²) < 4.78 is 30.3. The first-order valence-corrected chi connectivity index (χ1v) is 10.3. The maximum atomic E-state index is 13.9. The second kappa shape index (κ2) is 9.20. The zero-order valence-corrected chi connectivity index (χ0v) is 17.6. The molecule has 7 heteroatoms. The zero-order chi connectivity index (χ0) is 21.8. The fourth-order valence-corrected chi connectivity index (χ4v) is 4.04. The molecule has 0 N–H and O–H groups in total. The van der Waals surface area contributed by atoms with Crippen molar-refractivity contribution < 1.29 is 23.1 Å². The van der Waals surface area contributed by atoms with E-state index in [0.29, 0.717) is 41.7 Å². The highest BCUT2D eigenvalue weighted by Gasteiger charge is 2.30. The molecule has 4 rings (SSSR count). The lowest BCUT2D eigenvalue weighted by Crippen LogP contribution is -2.30. The Morgan fingerprint density at radius 1 is 1.19 bits per heavy atom. The van der Waals surface area contributed by atoms with E-state index in [1.54, 1.807) is 32.4 Å². The van der Waals surface area contributed by atoms with Crippen molar-refractivity contribution in [2.24, 2.45) is 0 Å². The third-order valence-electron chi connectivity index (χ3n) is 5.61. The van der Waals surface area contributed by atoms with Gasteiger partial charge in [0.25, 0.3) is 0 Å². The van der Waals surface area contributed by atoms with Crippen molar-refractivity contribution in [2.45, 2.75) is 31.7 Å². The standard InChI is InChI=1S/C24H25FN2O4/c1-29-20-10-9-16(14-21(20)30-2)19-8-5-13-27(19)24(28)12-11-23-26-15-22(31-23)17-6-3-4-7-18(17)25/h3-4,6-7,9-10,14-15,19H,5,8,11-13H2,1-2H3/t19-/m1/s1. The summed E-state index contributed by atoms with van der Waals surface area (Å²) in [5, 5.41) is 0. The van der Waals surface area contributed by atoms with Crippen molar-refractivity contribution in [1.29, 1.82) is 0 Å². The van der Waals surface area contributed by atoms with Gasteiger partial charge in [-0.1, -0.05) is 18.2 Å². The van der Waals surface area contributed by atoms with E-state index in [4.69, 9.17) is 13.9 Å². The summed E-state index contributed by atoms with van der Waals surface area (Å²) in [6.07, 6.45) is 3.99. The molecule has 3 aromatic rings. The predicted octanol–water partition coefficient (Wildman–Crippen LogP) is 4.79. The van der Waals surface area contributed by atoms with E-state index >= 15 is 0 Å². The van der Waals surface area contributed by atoms with Crippen LogP contribution < -0.4 is 9.47 Å². The molecule has 0 bridgehead atoms. The minimum absolute atomic E-state index is 0.00541. The Bertz CT molecular complexity index is 1070. The normalized spacial score (nSPS) is 15.8. The summed E-state index contributed by atoms with van der Waals surface area (Å²) in [5.74, 6) is 1.79. The number of halogens is 1. The molecule has 162 valence electrons. The van der Waals surface area contributed by atoms with Crippen LogP contribution in [0, 0.1) is 5.82 Å². The molecule has 0 saturated carbocycles.